The van der Waals surface area contributed by atoms with Crippen molar-refractivity contribution < 1.29 is 14.3 Å². The van der Waals surface area contributed by atoms with Gasteiger partial charge in [0.1, 0.15) is 12.4 Å². The van der Waals surface area contributed by atoms with Crippen molar-refractivity contribution in [2.45, 2.75) is 13.8 Å². The molecule has 5 heteroatoms. The summed E-state index contributed by atoms with van der Waals surface area (Å²) in [4.78, 5) is 11.6. The van der Waals surface area contributed by atoms with Gasteiger partial charge in [0.2, 0.25) is 5.91 Å². The van der Waals surface area contributed by atoms with Gasteiger partial charge in [-0.15, -0.1) is 0 Å². The average molecular weight is 252 g/mol. The predicted molar refractivity (Wildman–Crippen MR) is 71.7 cm³/mol. The number of amides is 1. The van der Waals surface area contributed by atoms with Crippen molar-refractivity contribution in [3.8, 4) is 5.75 Å². The Balaban J connectivity index is 2.53. The van der Waals surface area contributed by atoms with Crippen LogP contribution in [0.2, 0.25) is 0 Å². The van der Waals surface area contributed by atoms with E-state index in [1.54, 1.807) is 18.2 Å². The van der Waals surface area contributed by atoms with E-state index < -0.39 is 0 Å². The van der Waals surface area contributed by atoms with Crippen LogP contribution in [0.5, 0.6) is 5.75 Å². The molecular formula is C13H20N2O3. The Morgan fingerprint density at radius 2 is 2.17 bits per heavy atom. The summed E-state index contributed by atoms with van der Waals surface area (Å²) in [7, 11) is 1.53. The SMILES string of the molecule is COc1cc(N)ccc1NC(=O)COCC(C)C. The molecule has 0 saturated carbocycles. The molecule has 0 unspecified atom stereocenters. The molecule has 0 aliphatic carbocycles. The van der Waals surface area contributed by atoms with Crippen molar-refractivity contribution in [3.05, 3.63) is 18.2 Å². The van der Waals surface area contributed by atoms with Gasteiger partial charge in [-0.2, -0.15) is 0 Å². The number of nitrogens with two attached hydrogens (primary N) is 1. The summed E-state index contributed by atoms with van der Waals surface area (Å²) < 4.78 is 10.4. The van der Waals surface area contributed by atoms with Crippen LogP contribution in [0.1, 0.15) is 13.8 Å². The standard InChI is InChI=1S/C13H20N2O3/c1-9(2)7-18-8-13(16)15-11-5-4-10(14)6-12(11)17-3/h4-6,9H,7-8,14H2,1-3H3,(H,15,16). The number of methoxy groups -OCH3 is 1. The molecule has 1 amide bonds. The van der Waals surface area contributed by atoms with E-state index in [4.69, 9.17) is 15.2 Å². The van der Waals surface area contributed by atoms with Crippen LogP contribution in [0.3, 0.4) is 0 Å². The highest BCUT2D eigenvalue weighted by atomic mass is 16.5. The fraction of sp³-hybridized carbons (Fsp3) is 0.462. The Hall–Kier alpha value is -1.75. The molecule has 1 aromatic carbocycles. The lowest BCUT2D eigenvalue weighted by Crippen LogP contribution is -2.20. The third kappa shape index (κ3) is 4.63. The van der Waals surface area contributed by atoms with Crippen LogP contribution in [0.15, 0.2) is 18.2 Å². The van der Waals surface area contributed by atoms with Crippen molar-refractivity contribution in [2.75, 3.05) is 31.4 Å². The molecule has 0 radical (unpaired) electrons. The summed E-state index contributed by atoms with van der Waals surface area (Å²) in [5.74, 6) is 0.731. The number of benzene rings is 1. The van der Waals surface area contributed by atoms with Crippen LogP contribution in [0.4, 0.5) is 11.4 Å². The summed E-state index contributed by atoms with van der Waals surface area (Å²) in [6, 6.07) is 5.06. The highest BCUT2D eigenvalue weighted by molar-refractivity contribution is 5.93. The van der Waals surface area contributed by atoms with E-state index in [0.717, 1.165) is 0 Å². The Labute approximate surface area is 107 Å². The average Bonchev–Trinajstić information content (AvgIpc) is 2.31. The van der Waals surface area contributed by atoms with Gasteiger partial charge in [0, 0.05) is 18.4 Å². The molecule has 0 atom stereocenters. The number of rotatable bonds is 6. The number of nitrogens with one attached hydrogen (secondary N) is 1. The number of carbonyl (C=O) groups is 1. The highest BCUT2D eigenvalue weighted by Gasteiger charge is 2.08. The third-order valence-electron chi connectivity index (χ3n) is 2.18. The first-order chi connectivity index (χ1) is 8.52. The van der Waals surface area contributed by atoms with Crippen molar-refractivity contribution >= 4 is 17.3 Å². The minimum Gasteiger partial charge on any atom is -0.494 e. The van der Waals surface area contributed by atoms with Gasteiger partial charge in [-0.1, -0.05) is 13.8 Å². The summed E-state index contributed by atoms with van der Waals surface area (Å²) in [6.45, 7) is 4.65. The van der Waals surface area contributed by atoms with E-state index in [9.17, 15) is 4.79 Å². The molecule has 0 bridgehead atoms. The molecule has 3 N–H and O–H groups in total. The number of hydrogen-bond acceptors (Lipinski definition) is 4. The molecule has 1 rings (SSSR count). The second-order valence-electron chi connectivity index (χ2n) is 4.42. The van der Waals surface area contributed by atoms with E-state index in [1.807, 2.05) is 13.8 Å². The van der Waals surface area contributed by atoms with Gasteiger partial charge in [-0.05, 0) is 18.1 Å². The van der Waals surface area contributed by atoms with Gasteiger partial charge < -0.3 is 20.5 Å². The van der Waals surface area contributed by atoms with E-state index in [-0.39, 0.29) is 12.5 Å². The first-order valence-electron chi connectivity index (χ1n) is 5.84. The molecule has 0 fully saturated rings. The Morgan fingerprint density at radius 3 is 2.78 bits per heavy atom. The summed E-state index contributed by atoms with van der Waals surface area (Å²) in [5, 5.41) is 2.72. The van der Waals surface area contributed by atoms with Crippen LogP contribution in [0.25, 0.3) is 0 Å². The van der Waals surface area contributed by atoms with Crippen molar-refractivity contribution in [1.29, 1.82) is 0 Å². The molecular weight excluding hydrogens is 232 g/mol. The Bertz CT molecular complexity index is 405. The van der Waals surface area contributed by atoms with Gasteiger partial charge in [0.25, 0.3) is 0 Å². The molecule has 0 heterocycles. The lowest BCUT2D eigenvalue weighted by molar-refractivity contribution is -0.120. The van der Waals surface area contributed by atoms with Crippen LogP contribution >= 0.6 is 0 Å². The monoisotopic (exact) mass is 252 g/mol. The highest BCUT2D eigenvalue weighted by Crippen LogP contribution is 2.26. The van der Waals surface area contributed by atoms with Crippen molar-refractivity contribution in [3.63, 3.8) is 0 Å². The van der Waals surface area contributed by atoms with Crippen LogP contribution < -0.4 is 15.8 Å². The quantitative estimate of drug-likeness (QED) is 0.758. The molecule has 0 spiro atoms. The van der Waals surface area contributed by atoms with Crippen LogP contribution in [-0.4, -0.2) is 26.2 Å². The number of carbonyl (C=O) groups excluding carboxylic acids is 1. The molecule has 0 aromatic heterocycles. The van der Waals surface area contributed by atoms with E-state index in [0.29, 0.717) is 29.6 Å². The van der Waals surface area contributed by atoms with Crippen molar-refractivity contribution in [1.82, 2.24) is 0 Å². The molecule has 5 nitrogen and oxygen atoms in total. The molecule has 0 saturated heterocycles. The lowest BCUT2D eigenvalue weighted by atomic mass is 10.2. The largest absolute Gasteiger partial charge is 0.494 e. The third-order valence-corrected chi connectivity index (χ3v) is 2.18. The number of nitrogen functional groups attached to an aromatic ring is 1. The summed E-state index contributed by atoms with van der Waals surface area (Å²) in [6.07, 6.45) is 0. The maximum atomic E-state index is 11.6. The molecule has 0 aliphatic heterocycles. The minimum absolute atomic E-state index is 0.0334. The second-order valence-corrected chi connectivity index (χ2v) is 4.42. The van der Waals surface area contributed by atoms with Crippen molar-refractivity contribution in [2.24, 2.45) is 5.92 Å². The normalized spacial score (nSPS) is 10.4. The van der Waals surface area contributed by atoms with Gasteiger partial charge in [-0.25, -0.2) is 0 Å². The number of ether oxygens (including phenoxy) is 2. The molecule has 18 heavy (non-hydrogen) atoms. The summed E-state index contributed by atoms with van der Waals surface area (Å²) in [5.41, 5.74) is 6.80. The second kappa shape index (κ2) is 6.86. The van der Waals surface area contributed by atoms with Gasteiger partial charge in [0.05, 0.1) is 12.8 Å². The van der Waals surface area contributed by atoms with Gasteiger partial charge in [0.15, 0.2) is 0 Å². The van der Waals surface area contributed by atoms with E-state index in [2.05, 4.69) is 5.32 Å². The number of hydrogen-bond donors (Lipinski definition) is 2. The Morgan fingerprint density at radius 1 is 1.44 bits per heavy atom. The molecule has 0 aliphatic rings. The number of anilines is 2. The zero-order valence-corrected chi connectivity index (χ0v) is 11.0. The zero-order chi connectivity index (χ0) is 13.5. The predicted octanol–water partition coefficient (Wildman–Crippen LogP) is 1.89. The fourth-order valence-corrected chi connectivity index (χ4v) is 1.38. The van der Waals surface area contributed by atoms with Crippen LogP contribution in [-0.2, 0) is 9.53 Å². The topological polar surface area (TPSA) is 73.6 Å². The molecule has 100 valence electrons. The fourth-order valence-electron chi connectivity index (χ4n) is 1.38. The van der Waals surface area contributed by atoms with Gasteiger partial charge in [-0.3, -0.25) is 4.79 Å². The Kier molecular flexibility index (Phi) is 5.45. The maximum absolute atomic E-state index is 11.6. The molecule has 1 aromatic rings. The lowest BCUT2D eigenvalue weighted by Gasteiger charge is -2.11. The smallest absolute Gasteiger partial charge is 0.250 e. The van der Waals surface area contributed by atoms with Crippen LogP contribution in [0, 0.1) is 5.92 Å². The first kappa shape index (κ1) is 14.3. The zero-order valence-electron chi connectivity index (χ0n) is 11.0. The van der Waals surface area contributed by atoms with Gasteiger partial charge >= 0.3 is 0 Å². The maximum Gasteiger partial charge on any atom is 0.250 e. The minimum atomic E-state index is -0.210. The first-order valence-corrected chi connectivity index (χ1v) is 5.84. The summed E-state index contributed by atoms with van der Waals surface area (Å²) >= 11 is 0. The van der Waals surface area contributed by atoms with E-state index in [1.165, 1.54) is 7.11 Å². The van der Waals surface area contributed by atoms with E-state index >= 15 is 0 Å².